The fraction of sp³-hybridized carbons (Fsp3) is 0.500. The zero-order chi connectivity index (χ0) is 16.8. The van der Waals surface area contributed by atoms with Crippen molar-refractivity contribution in [2.45, 2.75) is 32.4 Å². The van der Waals surface area contributed by atoms with E-state index in [9.17, 15) is 19.8 Å². The van der Waals surface area contributed by atoms with Gasteiger partial charge in [-0.1, -0.05) is 44.2 Å². The molecule has 0 radical (unpaired) electrons. The van der Waals surface area contributed by atoms with E-state index in [1.165, 1.54) is 7.11 Å². The Balaban J connectivity index is 2.82. The van der Waals surface area contributed by atoms with E-state index in [0.717, 1.165) is 5.56 Å². The third-order valence-electron chi connectivity index (χ3n) is 3.48. The van der Waals surface area contributed by atoms with Gasteiger partial charge in [-0.05, 0) is 5.56 Å². The Morgan fingerprint density at radius 2 is 1.86 bits per heavy atom. The summed E-state index contributed by atoms with van der Waals surface area (Å²) in [5, 5.41) is 21.7. The van der Waals surface area contributed by atoms with Crippen molar-refractivity contribution in [2.24, 2.45) is 5.41 Å². The Morgan fingerprint density at radius 3 is 2.36 bits per heavy atom. The Labute approximate surface area is 130 Å². The van der Waals surface area contributed by atoms with Gasteiger partial charge in [-0.25, -0.2) is 4.79 Å². The summed E-state index contributed by atoms with van der Waals surface area (Å²) in [6, 6.07) is 8.27. The minimum Gasteiger partial charge on any atom is -0.467 e. The molecule has 1 aromatic rings. The molecule has 0 unspecified atom stereocenters. The number of carbonyl (C=O) groups is 2. The van der Waals surface area contributed by atoms with Crippen molar-refractivity contribution in [3.63, 3.8) is 0 Å². The van der Waals surface area contributed by atoms with Crippen LogP contribution in [0.5, 0.6) is 0 Å². The second-order valence-electron chi connectivity index (χ2n) is 5.82. The van der Waals surface area contributed by atoms with Crippen LogP contribution in [0.25, 0.3) is 0 Å². The SMILES string of the molecule is COC(=O)[C@H](Cc1ccccc1)NC(=O)[C@H](O)C(C)(C)CO. The lowest BCUT2D eigenvalue weighted by Crippen LogP contribution is -2.51. The van der Waals surface area contributed by atoms with Gasteiger partial charge in [0.1, 0.15) is 12.1 Å². The van der Waals surface area contributed by atoms with Crippen LogP contribution < -0.4 is 5.32 Å². The van der Waals surface area contributed by atoms with Gasteiger partial charge in [-0.15, -0.1) is 0 Å². The number of aliphatic hydroxyl groups is 2. The lowest BCUT2D eigenvalue weighted by Gasteiger charge is -2.28. The number of methoxy groups -OCH3 is 1. The minimum atomic E-state index is -1.43. The molecule has 0 aliphatic heterocycles. The summed E-state index contributed by atoms with van der Waals surface area (Å²) in [4.78, 5) is 23.9. The van der Waals surface area contributed by atoms with E-state index >= 15 is 0 Å². The molecule has 0 spiro atoms. The monoisotopic (exact) mass is 309 g/mol. The van der Waals surface area contributed by atoms with Crippen LogP contribution in [-0.4, -0.2) is 48.0 Å². The highest BCUT2D eigenvalue weighted by atomic mass is 16.5. The topological polar surface area (TPSA) is 95.9 Å². The number of amides is 1. The minimum absolute atomic E-state index is 0.255. The average molecular weight is 309 g/mol. The van der Waals surface area contributed by atoms with Gasteiger partial charge in [0.15, 0.2) is 0 Å². The number of hydrogen-bond donors (Lipinski definition) is 3. The van der Waals surface area contributed by atoms with Gasteiger partial charge >= 0.3 is 5.97 Å². The summed E-state index contributed by atoms with van der Waals surface area (Å²) in [5.41, 5.74) is -0.147. The molecule has 0 saturated carbocycles. The standard InChI is InChI=1S/C16H23NO5/c1-16(2,10-18)13(19)14(20)17-12(15(21)22-3)9-11-7-5-4-6-8-11/h4-8,12-13,18-19H,9-10H2,1-3H3,(H,17,20)/t12-,13-/m0/s1. The first kappa shape index (κ1) is 18.1. The van der Waals surface area contributed by atoms with Crippen LogP contribution in [0.15, 0.2) is 30.3 Å². The van der Waals surface area contributed by atoms with E-state index in [4.69, 9.17) is 4.74 Å². The van der Waals surface area contributed by atoms with Gasteiger partial charge in [-0.3, -0.25) is 4.79 Å². The molecule has 0 aliphatic rings. The molecule has 1 aromatic carbocycles. The number of carbonyl (C=O) groups excluding carboxylic acids is 2. The Hall–Kier alpha value is -1.92. The van der Waals surface area contributed by atoms with Crippen LogP contribution in [0.2, 0.25) is 0 Å². The van der Waals surface area contributed by atoms with Crippen molar-refractivity contribution >= 4 is 11.9 Å². The van der Waals surface area contributed by atoms with Crippen LogP contribution in [0.1, 0.15) is 19.4 Å². The number of nitrogens with one attached hydrogen (secondary N) is 1. The molecule has 0 heterocycles. The fourth-order valence-corrected chi connectivity index (χ4v) is 1.88. The van der Waals surface area contributed by atoms with E-state index in [1.807, 2.05) is 30.3 Å². The first-order valence-corrected chi connectivity index (χ1v) is 7.03. The van der Waals surface area contributed by atoms with Gasteiger partial charge in [-0.2, -0.15) is 0 Å². The van der Waals surface area contributed by atoms with Crippen molar-refractivity contribution in [1.82, 2.24) is 5.32 Å². The normalized spacial score (nSPS) is 14.0. The smallest absolute Gasteiger partial charge is 0.328 e. The maximum Gasteiger partial charge on any atom is 0.328 e. The van der Waals surface area contributed by atoms with E-state index in [-0.39, 0.29) is 13.0 Å². The molecule has 122 valence electrons. The highest BCUT2D eigenvalue weighted by Crippen LogP contribution is 2.20. The van der Waals surface area contributed by atoms with Gasteiger partial charge in [0.05, 0.1) is 13.7 Å². The summed E-state index contributed by atoms with van der Waals surface area (Å²) in [5.74, 6) is -1.31. The third-order valence-corrected chi connectivity index (χ3v) is 3.48. The molecule has 0 bridgehead atoms. The summed E-state index contributed by atoms with van der Waals surface area (Å²) in [6.07, 6.45) is -1.17. The highest BCUT2D eigenvalue weighted by Gasteiger charge is 2.35. The van der Waals surface area contributed by atoms with Crippen molar-refractivity contribution in [2.75, 3.05) is 13.7 Å². The fourth-order valence-electron chi connectivity index (χ4n) is 1.88. The van der Waals surface area contributed by atoms with Crippen LogP contribution in [0.3, 0.4) is 0 Å². The van der Waals surface area contributed by atoms with Gasteiger partial charge < -0.3 is 20.3 Å². The van der Waals surface area contributed by atoms with Crippen LogP contribution in [0, 0.1) is 5.41 Å². The maximum absolute atomic E-state index is 12.1. The quantitative estimate of drug-likeness (QED) is 0.628. The van der Waals surface area contributed by atoms with E-state index in [2.05, 4.69) is 5.32 Å². The van der Waals surface area contributed by atoms with E-state index in [0.29, 0.717) is 0 Å². The van der Waals surface area contributed by atoms with Crippen LogP contribution in [-0.2, 0) is 20.7 Å². The van der Waals surface area contributed by atoms with Crippen molar-refractivity contribution in [1.29, 1.82) is 0 Å². The first-order valence-electron chi connectivity index (χ1n) is 7.03. The van der Waals surface area contributed by atoms with E-state index < -0.39 is 29.4 Å². The van der Waals surface area contributed by atoms with Gasteiger partial charge in [0, 0.05) is 11.8 Å². The molecule has 6 heteroatoms. The third kappa shape index (κ3) is 4.82. The van der Waals surface area contributed by atoms with Gasteiger partial charge in [0.2, 0.25) is 5.91 Å². The summed E-state index contributed by atoms with van der Waals surface area (Å²) < 4.78 is 4.69. The van der Waals surface area contributed by atoms with Crippen molar-refractivity contribution in [3.8, 4) is 0 Å². The maximum atomic E-state index is 12.1. The Kier molecular flexibility index (Phi) is 6.52. The number of ether oxygens (including phenoxy) is 1. The molecule has 22 heavy (non-hydrogen) atoms. The predicted octanol–water partition coefficient (Wildman–Crippen LogP) is 0.266. The Morgan fingerprint density at radius 1 is 1.27 bits per heavy atom. The second kappa shape index (κ2) is 7.91. The molecule has 0 aliphatic carbocycles. The summed E-state index contributed by atoms with van der Waals surface area (Å²) in [7, 11) is 1.24. The number of rotatable bonds is 7. The first-order chi connectivity index (χ1) is 10.3. The van der Waals surface area contributed by atoms with Crippen LogP contribution >= 0.6 is 0 Å². The molecule has 1 rings (SSSR count). The molecule has 1 amide bonds. The van der Waals surface area contributed by atoms with Crippen LogP contribution in [0.4, 0.5) is 0 Å². The Bertz CT molecular complexity index is 501. The lowest BCUT2D eigenvalue weighted by molar-refractivity contribution is -0.148. The number of aliphatic hydroxyl groups excluding tert-OH is 2. The molecule has 0 saturated heterocycles. The number of esters is 1. The number of benzene rings is 1. The second-order valence-corrected chi connectivity index (χ2v) is 5.82. The molecule has 0 aromatic heterocycles. The lowest BCUT2D eigenvalue weighted by atomic mass is 9.87. The van der Waals surface area contributed by atoms with Gasteiger partial charge in [0.25, 0.3) is 0 Å². The summed E-state index contributed by atoms with van der Waals surface area (Å²) in [6.45, 7) is 2.76. The molecular weight excluding hydrogens is 286 g/mol. The largest absolute Gasteiger partial charge is 0.467 e. The molecular formula is C16H23NO5. The summed E-state index contributed by atoms with van der Waals surface area (Å²) >= 11 is 0. The van der Waals surface area contributed by atoms with Crippen molar-refractivity contribution < 1.29 is 24.5 Å². The predicted molar refractivity (Wildman–Crippen MR) is 81.0 cm³/mol. The van der Waals surface area contributed by atoms with Crippen molar-refractivity contribution in [3.05, 3.63) is 35.9 Å². The van der Waals surface area contributed by atoms with E-state index in [1.54, 1.807) is 13.8 Å². The number of hydrogen-bond acceptors (Lipinski definition) is 5. The molecule has 3 N–H and O–H groups in total. The zero-order valence-electron chi connectivity index (χ0n) is 13.1. The molecule has 0 fully saturated rings. The highest BCUT2D eigenvalue weighted by molar-refractivity contribution is 5.87. The molecule has 6 nitrogen and oxygen atoms in total. The zero-order valence-corrected chi connectivity index (χ0v) is 13.1. The molecule has 2 atom stereocenters. The average Bonchev–Trinajstić information content (AvgIpc) is 2.53.